The molecular formula is C14H21NO. The SMILES string of the molecule is CCCCC/C=C/C[C@]1(C#N)CCCC1=O. The van der Waals surface area contributed by atoms with Crippen molar-refractivity contribution >= 4 is 5.78 Å². The van der Waals surface area contributed by atoms with Gasteiger partial charge in [-0.25, -0.2) is 0 Å². The summed E-state index contributed by atoms with van der Waals surface area (Å²) in [5, 5.41) is 9.12. The molecule has 2 nitrogen and oxygen atoms in total. The molecule has 0 spiro atoms. The van der Waals surface area contributed by atoms with Gasteiger partial charge in [-0.2, -0.15) is 5.26 Å². The molecule has 0 aromatic carbocycles. The number of rotatable bonds is 6. The summed E-state index contributed by atoms with van der Waals surface area (Å²) in [6, 6.07) is 2.23. The second-order valence-corrected chi connectivity index (χ2v) is 4.64. The minimum atomic E-state index is -0.679. The summed E-state index contributed by atoms with van der Waals surface area (Å²) in [5.74, 6) is 0.146. The second kappa shape index (κ2) is 6.48. The zero-order chi connectivity index (χ0) is 11.9. The van der Waals surface area contributed by atoms with Crippen LogP contribution in [-0.2, 0) is 4.79 Å². The van der Waals surface area contributed by atoms with Crippen LogP contribution in [0.4, 0.5) is 0 Å². The molecule has 2 heteroatoms. The molecular weight excluding hydrogens is 198 g/mol. The highest BCUT2D eigenvalue weighted by atomic mass is 16.1. The third-order valence-corrected chi connectivity index (χ3v) is 3.36. The van der Waals surface area contributed by atoms with Gasteiger partial charge in [-0.15, -0.1) is 0 Å². The van der Waals surface area contributed by atoms with E-state index in [-0.39, 0.29) is 5.78 Å². The number of allylic oxidation sites excluding steroid dienone is 2. The number of carbonyl (C=O) groups excluding carboxylic acids is 1. The fourth-order valence-corrected chi connectivity index (χ4v) is 2.22. The maximum atomic E-state index is 11.6. The van der Waals surface area contributed by atoms with Crippen LogP contribution >= 0.6 is 0 Å². The smallest absolute Gasteiger partial charge is 0.153 e. The number of carbonyl (C=O) groups is 1. The van der Waals surface area contributed by atoms with Crippen molar-refractivity contribution in [3.63, 3.8) is 0 Å². The van der Waals surface area contributed by atoms with E-state index in [1.54, 1.807) is 0 Å². The minimum absolute atomic E-state index is 0.146. The molecule has 0 saturated heterocycles. The number of hydrogen-bond donors (Lipinski definition) is 0. The van der Waals surface area contributed by atoms with E-state index in [4.69, 9.17) is 5.26 Å². The van der Waals surface area contributed by atoms with E-state index in [1.807, 2.05) is 6.08 Å². The Labute approximate surface area is 98.3 Å². The van der Waals surface area contributed by atoms with Crippen molar-refractivity contribution in [1.29, 1.82) is 5.26 Å². The van der Waals surface area contributed by atoms with Crippen molar-refractivity contribution in [3.05, 3.63) is 12.2 Å². The van der Waals surface area contributed by atoms with Gasteiger partial charge < -0.3 is 0 Å². The molecule has 88 valence electrons. The van der Waals surface area contributed by atoms with Crippen molar-refractivity contribution < 1.29 is 4.79 Å². The monoisotopic (exact) mass is 219 g/mol. The Balaban J connectivity index is 2.35. The zero-order valence-corrected chi connectivity index (χ0v) is 10.2. The van der Waals surface area contributed by atoms with Crippen molar-refractivity contribution in [2.45, 2.75) is 58.3 Å². The summed E-state index contributed by atoms with van der Waals surface area (Å²) in [6.45, 7) is 2.19. The van der Waals surface area contributed by atoms with Crippen molar-refractivity contribution in [2.24, 2.45) is 5.41 Å². The van der Waals surface area contributed by atoms with E-state index >= 15 is 0 Å². The number of unbranched alkanes of at least 4 members (excludes halogenated alkanes) is 3. The molecule has 0 heterocycles. The molecule has 1 aliphatic rings. The topological polar surface area (TPSA) is 40.9 Å². The lowest BCUT2D eigenvalue weighted by molar-refractivity contribution is -0.123. The summed E-state index contributed by atoms with van der Waals surface area (Å²) in [7, 11) is 0. The average Bonchev–Trinajstić information content (AvgIpc) is 2.66. The number of ketones is 1. The van der Waals surface area contributed by atoms with E-state index in [2.05, 4.69) is 19.1 Å². The van der Waals surface area contributed by atoms with Crippen molar-refractivity contribution in [1.82, 2.24) is 0 Å². The molecule has 0 aromatic heterocycles. The quantitative estimate of drug-likeness (QED) is 0.504. The van der Waals surface area contributed by atoms with Crippen LogP contribution in [0, 0.1) is 16.7 Å². The van der Waals surface area contributed by atoms with Crippen LogP contribution in [0.25, 0.3) is 0 Å². The summed E-state index contributed by atoms with van der Waals surface area (Å²) in [5.41, 5.74) is -0.679. The van der Waals surface area contributed by atoms with E-state index in [1.165, 1.54) is 19.3 Å². The van der Waals surface area contributed by atoms with Gasteiger partial charge >= 0.3 is 0 Å². The molecule has 0 radical (unpaired) electrons. The van der Waals surface area contributed by atoms with E-state index < -0.39 is 5.41 Å². The normalized spacial score (nSPS) is 25.1. The molecule has 0 aliphatic heterocycles. The number of nitriles is 1. The number of Topliss-reactive ketones (excluding diaryl/α,β-unsaturated/α-hetero) is 1. The van der Waals surface area contributed by atoms with Crippen molar-refractivity contribution in [2.75, 3.05) is 0 Å². The third-order valence-electron chi connectivity index (χ3n) is 3.36. The average molecular weight is 219 g/mol. The Kier molecular flexibility index (Phi) is 5.25. The van der Waals surface area contributed by atoms with Crippen LogP contribution < -0.4 is 0 Å². The molecule has 0 N–H and O–H groups in total. The molecule has 1 aliphatic carbocycles. The first-order valence-electron chi connectivity index (χ1n) is 6.35. The van der Waals surface area contributed by atoms with Gasteiger partial charge in [0.1, 0.15) is 5.41 Å². The number of hydrogen-bond acceptors (Lipinski definition) is 2. The lowest BCUT2D eigenvalue weighted by atomic mass is 9.83. The third kappa shape index (κ3) is 3.20. The highest BCUT2D eigenvalue weighted by Crippen LogP contribution is 2.37. The highest BCUT2D eigenvalue weighted by molar-refractivity contribution is 5.89. The first-order chi connectivity index (χ1) is 7.75. The largest absolute Gasteiger partial charge is 0.298 e. The predicted octanol–water partition coefficient (Wildman–Crippen LogP) is 3.78. The molecule has 1 saturated carbocycles. The van der Waals surface area contributed by atoms with Gasteiger partial charge in [-0.3, -0.25) is 4.79 Å². The van der Waals surface area contributed by atoms with Gasteiger partial charge in [0, 0.05) is 6.42 Å². The van der Waals surface area contributed by atoms with E-state index in [0.717, 1.165) is 19.3 Å². The Morgan fingerprint density at radius 3 is 2.81 bits per heavy atom. The molecule has 0 aromatic rings. The lowest BCUT2D eigenvalue weighted by Gasteiger charge is -2.15. The van der Waals surface area contributed by atoms with Gasteiger partial charge in [0.25, 0.3) is 0 Å². The molecule has 1 atom stereocenters. The summed E-state index contributed by atoms with van der Waals surface area (Å²) < 4.78 is 0. The van der Waals surface area contributed by atoms with Gasteiger partial charge in [0.05, 0.1) is 6.07 Å². The highest BCUT2D eigenvalue weighted by Gasteiger charge is 2.40. The van der Waals surface area contributed by atoms with Crippen LogP contribution in [-0.4, -0.2) is 5.78 Å². The Bertz CT molecular complexity index is 300. The van der Waals surface area contributed by atoms with Crippen LogP contribution in [0.1, 0.15) is 58.3 Å². The minimum Gasteiger partial charge on any atom is -0.298 e. The Morgan fingerprint density at radius 2 is 2.25 bits per heavy atom. The molecule has 0 unspecified atom stereocenters. The first-order valence-corrected chi connectivity index (χ1v) is 6.35. The maximum absolute atomic E-state index is 11.6. The standard InChI is InChI=1S/C14H21NO/c1-2-3-4-5-6-7-10-14(12-15)11-8-9-13(14)16/h6-7H,2-5,8-11H2,1H3/b7-6+/t14-/m1/s1. The lowest BCUT2D eigenvalue weighted by Crippen LogP contribution is -2.22. The molecule has 1 rings (SSSR count). The maximum Gasteiger partial charge on any atom is 0.153 e. The first kappa shape index (κ1) is 13.0. The van der Waals surface area contributed by atoms with Gasteiger partial charge in [0.2, 0.25) is 0 Å². The second-order valence-electron chi connectivity index (χ2n) is 4.64. The van der Waals surface area contributed by atoms with E-state index in [0.29, 0.717) is 12.8 Å². The van der Waals surface area contributed by atoms with Gasteiger partial charge in [-0.05, 0) is 32.1 Å². The molecule has 1 fully saturated rings. The van der Waals surface area contributed by atoms with Crippen LogP contribution in [0.15, 0.2) is 12.2 Å². The summed E-state index contributed by atoms with van der Waals surface area (Å²) in [6.07, 6.45) is 11.8. The Hall–Kier alpha value is -1.10. The van der Waals surface area contributed by atoms with Crippen LogP contribution in [0.5, 0.6) is 0 Å². The van der Waals surface area contributed by atoms with Crippen LogP contribution in [0.2, 0.25) is 0 Å². The van der Waals surface area contributed by atoms with Gasteiger partial charge in [0.15, 0.2) is 5.78 Å². The molecule has 0 amide bonds. The fourth-order valence-electron chi connectivity index (χ4n) is 2.22. The molecule has 0 bridgehead atoms. The summed E-state index contributed by atoms with van der Waals surface area (Å²) >= 11 is 0. The van der Waals surface area contributed by atoms with Crippen LogP contribution in [0.3, 0.4) is 0 Å². The van der Waals surface area contributed by atoms with Crippen molar-refractivity contribution in [3.8, 4) is 6.07 Å². The Morgan fingerprint density at radius 1 is 1.44 bits per heavy atom. The van der Waals surface area contributed by atoms with E-state index in [9.17, 15) is 4.79 Å². The predicted molar refractivity (Wildman–Crippen MR) is 64.8 cm³/mol. The summed E-state index contributed by atoms with van der Waals surface area (Å²) in [4.78, 5) is 11.6. The molecule has 16 heavy (non-hydrogen) atoms. The van der Waals surface area contributed by atoms with Gasteiger partial charge in [-0.1, -0.05) is 31.9 Å². The fraction of sp³-hybridized carbons (Fsp3) is 0.714. The zero-order valence-electron chi connectivity index (χ0n) is 10.2. The number of nitrogens with zero attached hydrogens (tertiary/aromatic N) is 1.